The lowest BCUT2D eigenvalue weighted by Gasteiger charge is -2.15. The van der Waals surface area contributed by atoms with Crippen LogP contribution in [0, 0.1) is 6.92 Å². The third-order valence-electron chi connectivity index (χ3n) is 4.35. The predicted octanol–water partition coefficient (Wildman–Crippen LogP) is 4.21. The zero-order valence-electron chi connectivity index (χ0n) is 12.6. The van der Waals surface area contributed by atoms with Gasteiger partial charge in [0.15, 0.2) is 0 Å². The van der Waals surface area contributed by atoms with Gasteiger partial charge in [-0.3, -0.25) is 0 Å². The van der Waals surface area contributed by atoms with E-state index in [1.807, 2.05) is 36.4 Å². The summed E-state index contributed by atoms with van der Waals surface area (Å²) in [7, 11) is 0. The number of carbonyl (C=O) groups is 1. The summed E-state index contributed by atoms with van der Waals surface area (Å²) in [6, 6.07) is 20.1. The molecule has 0 heterocycles. The Balaban J connectivity index is 2.22. The van der Waals surface area contributed by atoms with E-state index in [4.69, 9.17) is 0 Å². The molecule has 0 aliphatic rings. The fourth-order valence-electron chi connectivity index (χ4n) is 3.32. The summed E-state index contributed by atoms with van der Waals surface area (Å²) in [6.07, 6.45) is -1.30. The van der Waals surface area contributed by atoms with Gasteiger partial charge in [-0.1, -0.05) is 54.6 Å². The van der Waals surface area contributed by atoms with Crippen LogP contribution in [0.2, 0.25) is 0 Å². The minimum Gasteiger partial charge on any atom is -0.530 e. The molecule has 0 saturated heterocycles. The molecule has 4 aromatic carbocycles. The van der Waals surface area contributed by atoms with Crippen molar-refractivity contribution < 1.29 is 9.90 Å². The number of hydrogen-bond acceptors (Lipinski definition) is 2. The quantitative estimate of drug-likeness (QED) is 0.535. The lowest BCUT2D eigenvalue weighted by Crippen LogP contribution is -2.28. The maximum absolute atomic E-state index is 11.0. The molecule has 112 valence electrons. The number of aryl methyl sites for hydroxylation is 1. The number of fused-ring (bicyclic) bond motifs is 5. The van der Waals surface area contributed by atoms with Crippen LogP contribution >= 0.6 is 0 Å². The van der Waals surface area contributed by atoms with Crippen LogP contribution in [0.3, 0.4) is 0 Å². The van der Waals surface area contributed by atoms with Crippen LogP contribution in [0.1, 0.15) is 5.56 Å². The van der Waals surface area contributed by atoms with Crippen molar-refractivity contribution in [3.05, 3.63) is 66.2 Å². The predicted molar refractivity (Wildman–Crippen MR) is 92.7 cm³/mol. The number of hydrogen-bond donors (Lipinski definition) is 1. The fraction of sp³-hybridized carbons (Fsp3) is 0.0500. The smallest absolute Gasteiger partial charge is 0.138 e. The largest absolute Gasteiger partial charge is 0.530 e. The van der Waals surface area contributed by atoms with Gasteiger partial charge in [0.25, 0.3) is 0 Å². The van der Waals surface area contributed by atoms with E-state index in [-0.39, 0.29) is 0 Å². The number of nitrogens with one attached hydrogen (secondary N) is 1. The second kappa shape index (κ2) is 4.99. The number of benzene rings is 4. The van der Waals surface area contributed by atoms with Gasteiger partial charge in [-0.25, -0.2) is 0 Å². The Morgan fingerprint density at radius 3 is 2.17 bits per heavy atom. The van der Waals surface area contributed by atoms with E-state index in [9.17, 15) is 9.90 Å². The number of carbonyl (C=O) groups excluding carboxylic acids is 1. The molecule has 1 N–H and O–H groups in total. The van der Waals surface area contributed by atoms with Crippen molar-refractivity contribution in [3.8, 4) is 0 Å². The number of carboxylic acid groups (broad SMARTS) is 1. The molecule has 0 atom stereocenters. The zero-order valence-corrected chi connectivity index (χ0v) is 12.6. The van der Waals surface area contributed by atoms with E-state index in [0.29, 0.717) is 5.69 Å². The van der Waals surface area contributed by atoms with Crippen molar-refractivity contribution in [3.63, 3.8) is 0 Å². The normalized spacial score (nSPS) is 11.2. The molecule has 0 bridgehead atoms. The van der Waals surface area contributed by atoms with Gasteiger partial charge >= 0.3 is 0 Å². The summed E-state index contributed by atoms with van der Waals surface area (Å²) < 4.78 is 0. The molecule has 0 aliphatic heterocycles. The summed E-state index contributed by atoms with van der Waals surface area (Å²) >= 11 is 0. The molecule has 0 fully saturated rings. The standard InChI is InChI=1S/C20H15NO2/c1-12-5-4-8-14-13(12)9-10-16-15-6-2-3-7-17(15)19(11-18(14)16)21-20(22)23/h2-11,21H,1H3,(H,22,23)/p-1. The number of anilines is 1. The van der Waals surface area contributed by atoms with Gasteiger partial charge in [0.1, 0.15) is 6.09 Å². The number of amides is 1. The summed E-state index contributed by atoms with van der Waals surface area (Å²) in [4.78, 5) is 11.0. The second-order valence-corrected chi connectivity index (χ2v) is 5.71. The highest BCUT2D eigenvalue weighted by Gasteiger charge is 2.09. The SMILES string of the molecule is Cc1cccc2c1ccc1c3ccccc3c(NC(=O)[O-])cc21. The molecule has 0 aliphatic carbocycles. The van der Waals surface area contributed by atoms with E-state index >= 15 is 0 Å². The van der Waals surface area contributed by atoms with E-state index in [1.54, 1.807) is 0 Å². The van der Waals surface area contributed by atoms with Crippen molar-refractivity contribution >= 4 is 44.1 Å². The van der Waals surface area contributed by atoms with E-state index < -0.39 is 6.09 Å². The Hall–Kier alpha value is -3.07. The molecule has 0 saturated carbocycles. The van der Waals surface area contributed by atoms with Crippen LogP contribution in [0.4, 0.5) is 10.5 Å². The third-order valence-corrected chi connectivity index (χ3v) is 4.35. The fourth-order valence-corrected chi connectivity index (χ4v) is 3.32. The Bertz CT molecular complexity index is 1080. The lowest BCUT2D eigenvalue weighted by molar-refractivity contribution is -0.242. The molecular weight excluding hydrogens is 286 g/mol. The Morgan fingerprint density at radius 2 is 1.39 bits per heavy atom. The maximum Gasteiger partial charge on any atom is 0.138 e. The topological polar surface area (TPSA) is 52.2 Å². The van der Waals surface area contributed by atoms with Crippen molar-refractivity contribution in [2.24, 2.45) is 0 Å². The first-order valence-corrected chi connectivity index (χ1v) is 7.47. The van der Waals surface area contributed by atoms with Crippen LogP contribution in [0.25, 0.3) is 32.3 Å². The minimum atomic E-state index is -1.30. The molecule has 4 rings (SSSR count). The van der Waals surface area contributed by atoms with Gasteiger partial charge in [0.05, 0.1) is 0 Å². The monoisotopic (exact) mass is 300 g/mol. The maximum atomic E-state index is 11.0. The summed E-state index contributed by atoms with van der Waals surface area (Å²) in [5, 5.41) is 19.8. The highest BCUT2D eigenvalue weighted by molar-refractivity contribution is 6.21. The van der Waals surface area contributed by atoms with Gasteiger partial charge in [-0.2, -0.15) is 0 Å². The van der Waals surface area contributed by atoms with Gasteiger partial charge in [-0.05, 0) is 45.5 Å². The lowest BCUT2D eigenvalue weighted by atomic mass is 9.94. The Kier molecular flexibility index (Phi) is 2.95. The van der Waals surface area contributed by atoms with Crippen LogP contribution in [-0.4, -0.2) is 6.09 Å². The van der Waals surface area contributed by atoms with Gasteiger partial charge in [-0.15, -0.1) is 0 Å². The molecule has 3 nitrogen and oxygen atoms in total. The van der Waals surface area contributed by atoms with E-state index in [1.165, 1.54) is 10.9 Å². The van der Waals surface area contributed by atoms with Crippen LogP contribution < -0.4 is 10.4 Å². The molecular formula is C20H14NO2-. The molecule has 3 heteroatoms. The molecule has 23 heavy (non-hydrogen) atoms. The highest BCUT2D eigenvalue weighted by Crippen LogP contribution is 2.36. The van der Waals surface area contributed by atoms with Crippen molar-refractivity contribution in [2.45, 2.75) is 6.92 Å². The number of rotatable bonds is 1. The summed E-state index contributed by atoms with van der Waals surface area (Å²) in [5.41, 5.74) is 1.76. The Morgan fingerprint density at radius 1 is 0.783 bits per heavy atom. The highest BCUT2D eigenvalue weighted by atomic mass is 16.4. The van der Waals surface area contributed by atoms with Crippen molar-refractivity contribution in [1.29, 1.82) is 0 Å². The average molecular weight is 300 g/mol. The molecule has 0 unspecified atom stereocenters. The Labute approximate surface area is 133 Å². The molecule has 0 radical (unpaired) electrons. The molecule has 1 amide bonds. The van der Waals surface area contributed by atoms with Crippen molar-refractivity contribution in [2.75, 3.05) is 5.32 Å². The average Bonchev–Trinajstić information content (AvgIpc) is 2.55. The summed E-state index contributed by atoms with van der Waals surface area (Å²) in [6.45, 7) is 2.08. The molecule has 4 aromatic rings. The second-order valence-electron chi connectivity index (χ2n) is 5.71. The third kappa shape index (κ3) is 2.09. The van der Waals surface area contributed by atoms with Crippen LogP contribution in [0.5, 0.6) is 0 Å². The first kappa shape index (κ1) is 13.6. The van der Waals surface area contributed by atoms with Crippen molar-refractivity contribution in [1.82, 2.24) is 0 Å². The molecule has 0 aromatic heterocycles. The van der Waals surface area contributed by atoms with Crippen LogP contribution in [0.15, 0.2) is 60.7 Å². The first-order chi connectivity index (χ1) is 11.1. The van der Waals surface area contributed by atoms with Gasteiger partial charge < -0.3 is 15.2 Å². The van der Waals surface area contributed by atoms with Gasteiger partial charge in [0, 0.05) is 11.1 Å². The minimum absolute atomic E-state index is 0.558. The molecule has 0 spiro atoms. The van der Waals surface area contributed by atoms with Gasteiger partial charge in [0.2, 0.25) is 0 Å². The zero-order chi connectivity index (χ0) is 16.0. The first-order valence-electron chi connectivity index (χ1n) is 7.47. The van der Waals surface area contributed by atoms with E-state index in [0.717, 1.165) is 26.9 Å². The summed E-state index contributed by atoms with van der Waals surface area (Å²) in [5.74, 6) is 0. The van der Waals surface area contributed by atoms with E-state index in [2.05, 4.69) is 36.5 Å². The van der Waals surface area contributed by atoms with Crippen LogP contribution in [-0.2, 0) is 0 Å².